The first kappa shape index (κ1) is 25.3. The highest BCUT2D eigenvalue weighted by Gasteiger charge is 2.25. The molecule has 0 nitrogen and oxygen atoms in total. The lowest BCUT2D eigenvalue weighted by Gasteiger charge is -2.28. The van der Waals surface area contributed by atoms with Crippen LogP contribution in [-0.4, -0.2) is 0 Å². The summed E-state index contributed by atoms with van der Waals surface area (Å²) in [5, 5.41) is 0. The molecule has 0 aliphatic heterocycles. The second kappa shape index (κ2) is 11.7. The number of benzene rings is 3. The van der Waals surface area contributed by atoms with E-state index in [2.05, 4.69) is 13.8 Å². The molecule has 1 saturated carbocycles. The molecule has 0 saturated heterocycles. The first-order chi connectivity index (χ1) is 17.0. The van der Waals surface area contributed by atoms with Crippen LogP contribution in [0.15, 0.2) is 54.6 Å². The zero-order chi connectivity index (χ0) is 24.8. The molecule has 0 amide bonds. The number of aryl methyl sites for hydroxylation is 1. The monoisotopic (exact) mass is 476 g/mol. The average molecular weight is 477 g/mol. The molecule has 0 atom stereocenters. The molecule has 3 heteroatoms. The van der Waals surface area contributed by atoms with E-state index in [0.717, 1.165) is 62.5 Å². The molecule has 3 aromatic rings. The van der Waals surface area contributed by atoms with Crippen LogP contribution in [-0.2, 0) is 6.42 Å². The van der Waals surface area contributed by atoms with Gasteiger partial charge in [0.05, 0.1) is 0 Å². The second-order valence-corrected chi connectivity index (χ2v) is 9.87. The molecule has 35 heavy (non-hydrogen) atoms. The minimum absolute atomic E-state index is 0.106. The van der Waals surface area contributed by atoms with E-state index in [1.165, 1.54) is 0 Å². The van der Waals surface area contributed by atoms with Gasteiger partial charge in [0.25, 0.3) is 0 Å². The van der Waals surface area contributed by atoms with Crippen LogP contribution in [0.2, 0.25) is 0 Å². The molecule has 0 radical (unpaired) electrons. The molecular weight excluding hydrogens is 441 g/mol. The lowest BCUT2D eigenvalue weighted by molar-refractivity contribution is 0.312. The van der Waals surface area contributed by atoms with Gasteiger partial charge in [-0.1, -0.05) is 87.4 Å². The van der Waals surface area contributed by atoms with Crippen molar-refractivity contribution in [1.29, 1.82) is 0 Å². The van der Waals surface area contributed by atoms with Crippen LogP contribution >= 0.6 is 0 Å². The summed E-state index contributed by atoms with van der Waals surface area (Å²) in [4.78, 5) is 0. The Morgan fingerprint density at radius 2 is 1.54 bits per heavy atom. The van der Waals surface area contributed by atoms with Gasteiger partial charge in [-0.25, -0.2) is 13.2 Å². The Balaban J connectivity index is 1.46. The van der Waals surface area contributed by atoms with Crippen molar-refractivity contribution in [2.45, 2.75) is 71.1 Å². The van der Waals surface area contributed by atoms with Gasteiger partial charge in [-0.2, -0.15) is 0 Å². The standard InChI is InChI=1S/C32H35F3/c1-3-5-6-24-12-18-27(30(33)21-24)17-11-23-9-15-26(16-10-23)29-20-19-28(31(34)32(29)35)25-13-7-22(4-2)8-14-25/h9-12,15-22,25H,3-8,13-14H2,1-2H3. The van der Waals surface area contributed by atoms with Crippen LogP contribution in [0, 0.1) is 23.4 Å². The van der Waals surface area contributed by atoms with Gasteiger partial charge in [0.2, 0.25) is 0 Å². The molecule has 0 spiro atoms. The van der Waals surface area contributed by atoms with E-state index in [1.54, 1.807) is 42.5 Å². The Hall–Kier alpha value is -2.81. The SMILES string of the molecule is CCCCc1ccc(C=Cc2ccc(-c3ccc(C4CCC(CC)CC4)c(F)c3F)cc2)c(F)c1. The largest absolute Gasteiger partial charge is 0.206 e. The quantitative estimate of drug-likeness (QED) is 0.284. The van der Waals surface area contributed by atoms with Crippen LogP contribution in [0.3, 0.4) is 0 Å². The van der Waals surface area contributed by atoms with Crippen LogP contribution in [0.4, 0.5) is 13.2 Å². The lowest BCUT2D eigenvalue weighted by Crippen LogP contribution is -2.14. The van der Waals surface area contributed by atoms with Gasteiger partial charge in [-0.15, -0.1) is 0 Å². The van der Waals surface area contributed by atoms with Gasteiger partial charge < -0.3 is 0 Å². The summed E-state index contributed by atoms with van der Waals surface area (Å²) in [6.07, 6.45) is 11.8. The first-order valence-corrected chi connectivity index (χ1v) is 13.0. The molecule has 0 heterocycles. The summed E-state index contributed by atoms with van der Waals surface area (Å²) in [7, 11) is 0. The highest BCUT2D eigenvalue weighted by Crippen LogP contribution is 2.39. The zero-order valence-electron chi connectivity index (χ0n) is 20.8. The van der Waals surface area contributed by atoms with Crippen molar-refractivity contribution in [2.75, 3.05) is 0 Å². The maximum Gasteiger partial charge on any atom is 0.166 e. The third-order valence-corrected chi connectivity index (χ3v) is 7.54. The van der Waals surface area contributed by atoms with E-state index in [0.29, 0.717) is 22.6 Å². The summed E-state index contributed by atoms with van der Waals surface area (Å²) in [6, 6.07) is 16.1. The molecule has 184 valence electrons. The summed E-state index contributed by atoms with van der Waals surface area (Å²) in [5.74, 6) is -0.882. The van der Waals surface area contributed by atoms with E-state index in [-0.39, 0.29) is 17.3 Å². The molecule has 1 fully saturated rings. The van der Waals surface area contributed by atoms with Crippen molar-refractivity contribution in [3.8, 4) is 11.1 Å². The molecule has 0 aromatic heterocycles. The van der Waals surface area contributed by atoms with E-state index in [1.807, 2.05) is 24.3 Å². The molecule has 0 unspecified atom stereocenters. The van der Waals surface area contributed by atoms with Gasteiger partial charge in [0.15, 0.2) is 11.6 Å². The lowest BCUT2D eigenvalue weighted by atomic mass is 9.77. The normalized spacial score (nSPS) is 18.3. The predicted molar refractivity (Wildman–Crippen MR) is 141 cm³/mol. The molecule has 0 N–H and O–H groups in total. The Labute approximate surface area is 207 Å². The number of halogens is 3. The van der Waals surface area contributed by atoms with Gasteiger partial charge in [-0.05, 0) is 78.7 Å². The maximum absolute atomic E-state index is 15.0. The summed E-state index contributed by atoms with van der Waals surface area (Å²) in [5.41, 5.74) is 3.84. The number of unbranched alkanes of at least 4 members (excludes halogenated alkanes) is 1. The minimum atomic E-state index is -0.770. The van der Waals surface area contributed by atoms with E-state index >= 15 is 8.78 Å². The number of rotatable bonds is 8. The Kier molecular flexibility index (Phi) is 8.49. The Morgan fingerprint density at radius 1 is 0.800 bits per heavy atom. The molecule has 4 rings (SSSR count). The third-order valence-electron chi connectivity index (χ3n) is 7.54. The predicted octanol–water partition coefficient (Wildman–Crippen LogP) is 9.97. The van der Waals surface area contributed by atoms with E-state index in [4.69, 9.17) is 0 Å². The van der Waals surface area contributed by atoms with Crippen LogP contribution in [0.5, 0.6) is 0 Å². The minimum Gasteiger partial charge on any atom is -0.206 e. The van der Waals surface area contributed by atoms with Crippen molar-refractivity contribution >= 4 is 12.2 Å². The molecule has 0 bridgehead atoms. The third kappa shape index (κ3) is 6.07. The Morgan fingerprint density at radius 3 is 2.20 bits per heavy atom. The van der Waals surface area contributed by atoms with Gasteiger partial charge >= 0.3 is 0 Å². The smallest absolute Gasteiger partial charge is 0.166 e. The van der Waals surface area contributed by atoms with Crippen LogP contribution in [0.25, 0.3) is 23.3 Å². The van der Waals surface area contributed by atoms with Crippen molar-refractivity contribution in [2.24, 2.45) is 5.92 Å². The maximum atomic E-state index is 15.0. The van der Waals surface area contributed by atoms with Crippen molar-refractivity contribution in [3.05, 3.63) is 94.3 Å². The number of hydrogen-bond donors (Lipinski definition) is 0. The molecule has 3 aromatic carbocycles. The van der Waals surface area contributed by atoms with E-state index < -0.39 is 11.6 Å². The summed E-state index contributed by atoms with van der Waals surface area (Å²) in [6.45, 7) is 4.32. The zero-order valence-corrected chi connectivity index (χ0v) is 20.8. The second-order valence-electron chi connectivity index (χ2n) is 9.87. The van der Waals surface area contributed by atoms with E-state index in [9.17, 15) is 4.39 Å². The molecule has 1 aliphatic rings. The van der Waals surface area contributed by atoms with Gasteiger partial charge in [0.1, 0.15) is 5.82 Å². The fourth-order valence-corrected chi connectivity index (χ4v) is 5.19. The van der Waals surface area contributed by atoms with Crippen molar-refractivity contribution in [1.82, 2.24) is 0 Å². The highest BCUT2D eigenvalue weighted by atomic mass is 19.2. The molecule has 1 aliphatic carbocycles. The van der Waals surface area contributed by atoms with Crippen molar-refractivity contribution < 1.29 is 13.2 Å². The summed E-state index contributed by atoms with van der Waals surface area (Å²) < 4.78 is 44.5. The highest BCUT2D eigenvalue weighted by molar-refractivity contribution is 5.72. The average Bonchev–Trinajstić information content (AvgIpc) is 2.89. The fraction of sp³-hybridized carbons (Fsp3) is 0.375. The molecular formula is C32H35F3. The fourth-order valence-electron chi connectivity index (χ4n) is 5.19. The number of hydrogen-bond acceptors (Lipinski definition) is 0. The van der Waals surface area contributed by atoms with Gasteiger partial charge in [0, 0.05) is 11.1 Å². The topological polar surface area (TPSA) is 0 Å². The van der Waals surface area contributed by atoms with Crippen molar-refractivity contribution in [3.63, 3.8) is 0 Å². The van der Waals surface area contributed by atoms with Crippen LogP contribution < -0.4 is 0 Å². The Bertz CT molecular complexity index is 1150. The van der Waals surface area contributed by atoms with Gasteiger partial charge in [-0.3, -0.25) is 0 Å². The first-order valence-electron chi connectivity index (χ1n) is 13.0. The van der Waals surface area contributed by atoms with Crippen LogP contribution in [0.1, 0.15) is 87.0 Å². The summed E-state index contributed by atoms with van der Waals surface area (Å²) >= 11 is 0.